The lowest BCUT2D eigenvalue weighted by molar-refractivity contribution is 0.0469. The average Bonchev–Trinajstić information content (AvgIpc) is 2.59. The van der Waals surface area contributed by atoms with Crippen molar-refractivity contribution < 1.29 is 19.7 Å². The van der Waals surface area contributed by atoms with Crippen LogP contribution in [0.1, 0.15) is 15.9 Å². The molecule has 2 aromatic carbocycles. The molecule has 0 aliphatic heterocycles. The molecule has 1 aromatic heterocycles. The number of esters is 1. The van der Waals surface area contributed by atoms with Crippen LogP contribution < -0.4 is 0 Å². The zero-order valence-electron chi connectivity index (χ0n) is 13.2. The number of hydrogen-bond acceptors (Lipinski definition) is 6. The predicted octanol–water partition coefficient (Wildman–Crippen LogP) is 4.38. The van der Waals surface area contributed by atoms with Crippen LogP contribution in [-0.4, -0.2) is 27.4 Å². The Morgan fingerprint density at radius 1 is 1.20 bits per heavy atom. The van der Waals surface area contributed by atoms with E-state index in [1.54, 1.807) is 11.8 Å². The van der Waals surface area contributed by atoms with Crippen LogP contribution in [-0.2, 0) is 11.3 Å². The van der Waals surface area contributed by atoms with Gasteiger partial charge in [-0.2, -0.15) is 0 Å². The molecule has 1 heterocycles. The number of hydrogen-bond donors (Lipinski definition) is 2. The second-order valence-electron chi connectivity index (χ2n) is 5.27. The molecule has 0 radical (unpaired) electrons. The molecule has 3 aromatic rings. The molecular formula is C18H14ClNO4S. The first-order valence-electron chi connectivity index (χ1n) is 7.30. The fourth-order valence-electron chi connectivity index (χ4n) is 2.31. The predicted molar refractivity (Wildman–Crippen MR) is 97.4 cm³/mol. The minimum absolute atomic E-state index is 0.0349. The third kappa shape index (κ3) is 3.81. The number of nitrogens with zero attached hydrogens (tertiary/aromatic N) is 1. The van der Waals surface area contributed by atoms with Gasteiger partial charge in [-0.25, -0.2) is 9.78 Å². The van der Waals surface area contributed by atoms with E-state index in [-0.39, 0.29) is 28.8 Å². The summed E-state index contributed by atoms with van der Waals surface area (Å²) in [4.78, 5) is 17.5. The number of fused-ring (bicyclic) bond motifs is 1. The number of aromatic hydroxyl groups is 2. The standard InChI is InChI=1S/C18H14ClNO4S/c1-25-13-4-2-10-6-11(17(19)20-15(10)8-13)9-24-18(23)14-5-3-12(21)7-16(14)22/h2-8,21-22H,9H2,1H3. The van der Waals surface area contributed by atoms with Gasteiger partial charge in [0.15, 0.2) is 0 Å². The van der Waals surface area contributed by atoms with Crippen LogP contribution in [0.3, 0.4) is 0 Å². The maximum atomic E-state index is 12.1. The third-order valence-corrected chi connectivity index (χ3v) is 4.66. The molecule has 0 saturated heterocycles. The smallest absolute Gasteiger partial charge is 0.342 e. The van der Waals surface area contributed by atoms with Gasteiger partial charge in [-0.05, 0) is 36.6 Å². The summed E-state index contributed by atoms with van der Waals surface area (Å²) in [5.41, 5.74) is 1.30. The Hall–Kier alpha value is -2.44. The lowest BCUT2D eigenvalue weighted by Crippen LogP contribution is -2.06. The number of phenols is 2. The largest absolute Gasteiger partial charge is 0.508 e. The van der Waals surface area contributed by atoms with E-state index in [9.17, 15) is 15.0 Å². The van der Waals surface area contributed by atoms with Gasteiger partial charge in [0.25, 0.3) is 0 Å². The van der Waals surface area contributed by atoms with E-state index in [0.717, 1.165) is 21.9 Å². The highest BCUT2D eigenvalue weighted by Gasteiger charge is 2.15. The van der Waals surface area contributed by atoms with E-state index < -0.39 is 5.97 Å². The summed E-state index contributed by atoms with van der Waals surface area (Å²) in [6.07, 6.45) is 1.98. The zero-order valence-corrected chi connectivity index (χ0v) is 14.8. The van der Waals surface area contributed by atoms with Crippen LogP contribution in [0.15, 0.2) is 47.4 Å². The second kappa shape index (κ2) is 7.21. The summed E-state index contributed by atoms with van der Waals surface area (Å²) in [5.74, 6) is -1.20. The van der Waals surface area contributed by atoms with Crippen LogP contribution in [0.4, 0.5) is 0 Å². The molecule has 0 amide bonds. The van der Waals surface area contributed by atoms with Crippen LogP contribution in [0, 0.1) is 0 Å². The van der Waals surface area contributed by atoms with Crippen LogP contribution >= 0.6 is 23.4 Å². The molecule has 25 heavy (non-hydrogen) atoms. The normalized spacial score (nSPS) is 10.8. The quantitative estimate of drug-likeness (QED) is 0.400. The molecule has 0 aliphatic rings. The number of rotatable bonds is 4. The minimum Gasteiger partial charge on any atom is -0.508 e. The van der Waals surface area contributed by atoms with E-state index in [0.29, 0.717) is 5.56 Å². The average molecular weight is 376 g/mol. The number of carbonyl (C=O) groups excluding carboxylic acids is 1. The molecule has 2 N–H and O–H groups in total. The molecule has 0 spiro atoms. The second-order valence-corrected chi connectivity index (χ2v) is 6.51. The van der Waals surface area contributed by atoms with Gasteiger partial charge in [0.1, 0.15) is 28.8 Å². The molecule has 5 nitrogen and oxygen atoms in total. The van der Waals surface area contributed by atoms with Gasteiger partial charge in [0.05, 0.1) is 5.52 Å². The van der Waals surface area contributed by atoms with E-state index in [4.69, 9.17) is 16.3 Å². The van der Waals surface area contributed by atoms with Gasteiger partial charge in [-0.3, -0.25) is 0 Å². The molecule has 3 rings (SSSR count). The Kier molecular flexibility index (Phi) is 5.01. The highest BCUT2D eigenvalue weighted by molar-refractivity contribution is 7.98. The van der Waals surface area contributed by atoms with E-state index in [1.165, 1.54) is 12.1 Å². The van der Waals surface area contributed by atoms with Crippen LogP contribution in [0.25, 0.3) is 10.9 Å². The monoisotopic (exact) mass is 375 g/mol. The number of halogens is 1. The van der Waals surface area contributed by atoms with Crippen LogP contribution in [0.5, 0.6) is 11.5 Å². The van der Waals surface area contributed by atoms with Crippen molar-refractivity contribution in [1.29, 1.82) is 0 Å². The number of carbonyl (C=O) groups is 1. The maximum absolute atomic E-state index is 12.1. The Labute approximate surface area is 153 Å². The number of aromatic nitrogens is 1. The summed E-state index contributed by atoms with van der Waals surface area (Å²) in [5, 5.41) is 20.1. The summed E-state index contributed by atoms with van der Waals surface area (Å²) >= 11 is 7.80. The van der Waals surface area contributed by atoms with Gasteiger partial charge in [-0.15, -0.1) is 11.8 Å². The Morgan fingerprint density at radius 2 is 2.00 bits per heavy atom. The number of pyridine rings is 1. The van der Waals surface area contributed by atoms with Gasteiger partial charge in [0.2, 0.25) is 0 Å². The van der Waals surface area contributed by atoms with Crippen molar-refractivity contribution in [3.05, 3.63) is 58.7 Å². The molecule has 0 unspecified atom stereocenters. The van der Waals surface area contributed by atoms with Crippen molar-refractivity contribution in [1.82, 2.24) is 4.98 Å². The van der Waals surface area contributed by atoms with E-state index >= 15 is 0 Å². The summed E-state index contributed by atoms with van der Waals surface area (Å²) in [7, 11) is 0. The molecular weight excluding hydrogens is 362 g/mol. The number of ether oxygens (including phenoxy) is 1. The van der Waals surface area contributed by atoms with Crippen molar-refractivity contribution in [2.45, 2.75) is 11.5 Å². The molecule has 0 atom stereocenters. The lowest BCUT2D eigenvalue weighted by atomic mass is 10.1. The van der Waals surface area contributed by atoms with Crippen molar-refractivity contribution in [3.8, 4) is 11.5 Å². The van der Waals surface area contributed by atoms with Gasteiger partial charge >= 0.3 is 5.97 Å². The third-order valence-electron chi connectivity index (χ3n) is 3.61. The fraction of sp³-hybridized carbons (Fsp3) is 0.111. The lowest BCUT2D eigenvalue weighted by Gasteiger charge is -2.09. The first-order valence-corrected chi connectivity index (χ1v) is 8.90. The van der Waals surface area contributed by atoms with Crippen molar-refractivity contribution in [3.63, 3.8) is 0 Å². The van der Waals surface area contributed by atoms with Gasteiger partial charge in [-0.1, -0.05) is 17.7 Å². The first-order chi connectivity index (χ1) is 12.0. The van der Waals surface area contributed by atoms with Gasteiger partial charge in [0, 0.05) is 21.9 Å². The topological polar surface area (TPSA) is 79.7 Å². The summed E-state index contributed by atoms with van der Waals surface area (Å²) in [6.45, 7) is -0.0782. The SMILES string of the molecule is CSc1ccc2cc(COC(=O)c3ccc(O)cc3O)c(Cl)nc2c1. The van der Waals surface area contributed by atoms with Crippen molar-refractivity contribution in [2.75, 3.05) is 6.26 Å². The van der Waals surface area contributed by atoms with E-state index in [1.807, 2.05) is 30.5 Å². The maximum Gasteiger partial charge on any atom is 0.342 e. The van der Waals surface area contributed by atoms with Crippen LogP contribution in [0.2, 0.25) is 5.15 Å². The molecule has 7 heteroatoms. The summed E-state index contributed by atoms with van der Waals surface area (Å²) < 4.78 is 5.20. The number of benzene rings is 2. The minimum atomic E-state index is -0.716. The molecule has 0 aliphatic carbocycles. The molecule has 128 valence electrons. The highest BCUT2D eigenvalue weighted by Crippen LogP contribution is 2.27. The number of phenolic OH excluding ortho intramolecular Hbond substituents is 2. The highest BCUT2D eigenvalue weighted by atomic mass is 35.5. The van der Waals surface area contributed by atoms with Crippen molar-refractivity contribution in [2.24, 2.45) is 0 Å². The zero-order chi connectivity index (χ0) is 18.0. The Balaban J connectivity index is 1.80. The Bertz CT molecular complexity index is 961. The first kappa shape index (κ1) is 17.4. The molecule has 0 saturated carbocycles. The van der Waals surface area contributed by atoms with E-state index in [2.05, 4.69) is 4.98 Å². The number of thioether (sulfide) groups is 1. The summed E-state index contributed by atoms with van der Waals surface area (Å²) in [6, 6.07) is 11.3. The Morgan fingerprint density at radius 3 is 2.72 bits per heavy atom. The molecule has 0 fully saturated rings. The fourth-order valence-corrected chi connectivity index (χ4v) is 2.94. The van der Waals surface area contributed by atoms with Crippen molar-refractivity contribution >= 4 is 40.2 Å². The van der Waals surface area contributed by atoms with Gasteiger partial charge < -0.3 is 14.9 Å². The molecule has 0 bridgehead atoms.